The highest BCUT2D eigenvalue weighted by Gasteiger charge is 2.40. The molecule has 3 atom stereocenters. The molecule has 0 aromatic heterocycles. The maximum absolute atomic E-state index is 12.4. The van der Waals surface area contributed by atoms with E-state index in [1.807, 2.05) is 6.92 Å². The van der Waals surface area contributed by atoms with Gasteiger partial charge in [0, 0.05) is 26.7 Å². The Bertz CT molecular complexity index is 388. The van der Waals surface area contributed by atoms with Crippen LogP contribution >= 0.6 is 0 Å². The SMILES string of the molecule is CC1CCN(C(=O)N(C)CC2CCN(C)C2)C1C(=O)O. The Labute approximate surface area is 120 Å². The second-order valence-corrected chi connectivity index (χ2v) is 6.32. The Morgan fingerprint density at radius 1 is 1.30 bits per heavy atom. The number of amides is 2. The fraction of sp³-hybridized carbons (Fsp3) is 0.857. The van der Waals surface area contributed by atoms with Gasteiger partial charge < -0.3 is 19.8 Å². The molecule has 2 aliphatic rings. The van der Waals surface area contributed by atoms with Gasteiger partial charge in [-0.05, 0) is 38.3 Å². The minimum Gasteiger partial charge on any atom is -0.480 e. The van der Waals surface area contributed by atoms with Crippen molar-refractivity contribution in [3.05, 3.63) is 0 Å². The van der Waals surface area contributed by atoms with E-state index in [0.717, 1.165) is 25.9 Å². The zero-order valence-electron chi connectivity index (χ0n) is 12.6. The lowest BCUT2D eigenvalue weighted by atomic mass is 10.0. The summed E-state index contributed by atoms with van der Waals surface area (Å²) in [6.07, 6.45) is 1.87. The normalized spacial score (nSPS) is 30.8. The van der Waals surface area contributed by atoms with Gasteiger partial charge in [-0.25, -0.2) is 9.59 Å². The summed E-state index contributed by atoms with van der Waals surface area (Å²) in [6, 6.07) is -0.812. The summed E-state index contributed by atoms with van der Waals surface area (Å²) in [5.41, 5.74) is 0. The van der Waals surface area contributed by atoms with Crippen LogP contribution in [0.1, 0.15) is 19.8 Å². The van der Waals surface area contributed by atoms with Gasteiger partial charge in [-0.3, -0.25) is 0 Å². The summed E-state index contributed by atoms with van der Waals surface area (Å²) in [7, 11) is 3.87. The first kappa shape index (κ1) is 15.1. The largest absolute Gasteiger partial charge is 0.480 e. The lowest BCUT2D eigenvalue weighted by molar-refractivity contribution is -0.142. The molecule has 114 valence electrons. The van der Waals surface area contributed by atoms with Crippen molar-refractivity contribution in [2.75, 3.05) is 40.3 Å². The predicted molar refractivity (Wildman–Crippen MR) is 75.5 cm³/mol. The number of likely N-dealkylation sites (tertiary alicyclic amines) is 2. The monoisotopic (exact) mass is 283 g/mol. The summed E-state index contributed by atoms with van der Waals surface area (Å²) in [5.74, 6) is -0.364. The van der Waals surface area contributed by atoms with Crippen LogP contribution in [-0.2, 0) is 4.79 Å². The van der Waals surface area contributed by atoms with Gasteiger partial charge in [0.15, 0.2) is 0 Å². The van der Waals surface area contributed by atoms with Crippen LogP contribution in [0.3, 0.4) is 0 Å². The van der Waals surface area contributed by atoms with E-state index >= 15 is 0 Å². The van der Waals surface area contributed by atoms with Crippen LogP contribution in [0.4, 0.5) is 4.79 Å². The van der Waals surface area contributed by atoms with Crippen molar-refractivity contribution < 1.29 is 14.7 Å². The Morgan fingerprint density at radius 2 is 2.00 bits per heavy atom. The van der Waals surface area contributed by atoms with Gasteiger partial charge in [-0.1, -0.05) is 6.92 Å². The number of hydrogen-bond acceptors (Lipinski definition) is 3. The molecular formula is C14H25N3O3. The number of aliphatic carboxylic acids is 1. The van der Waals surface area contributed by atoms with E-state index in [9.17, 15) is 14.7 Å². The number of carboxylic acids is 1. The standard InChI is InChI=1S/C14H25N3O3/c1-10-4-7-17(12(10)13(18)19)14(20)16(3)9-11-5-6-15(2)8-11/h10-12H,4-9H2,1-3H3,(H,18,19). The molecule has 2 aliphatic heterocycles. The summed E-state index contributed by atoms with van der Waals surface area (Å²) in [5, 5.41) is 9.28. The summed E-state index contributed by atoms with van der Waals surface area (Å²) >= 11 is 0. The zero-order valence-corrected chi connectivity index (χ0v) is 12.6. The van der Waals surface area contributed by atoms with Crippen molar-refractivity contribution >= 4 is 12.0 Å². The van der Waals surface area contributed by atoms with Crippen molar-refractivity contribution in [1.29, 1.82) is 0 Å². The van der Waals surface area contributed by atoms with E-state index in [4.69, 9.17) is 0 Å². The molecule has 2 amide bonds. The molecule has 1 N–H and O–H groups in total. The number of carboxylic acid groups (broad SMARTS) is 1. The van der Waals surface area contributed by atoms with Gasteiger partial charge in [-0.2, -0.15) is 0 Å². The van der Waals surface area contributed by atoms with E-state index in [-0.39, 0.29) is 11.9 Å². The lowest BCUT2D eigenvalue weighted by Crippen LogP contribution is -2.49. The second kappa shape index (κ2) is 5.99. The maximum Gasteiger partial charge on any atom is 0.326 e. The Kier molecular flexibility index (Phi) is 4.52. The average molecular weight is 283 g/mol. The predicted octanol–water partition coefficient (Wildman–Crippen LogP) is 0.785. The molecule has 0 aromatic carbocycles. The van der Waals surface area contributed by atoms with Gasteiger partial charge in [-0.15, -0.1) is 0 Å². The number of urea groups is 1. The van der Waals surface area contributed by atoms with Gasteiger partial charge >= 0.3 is 12.0 Å². The smallest absolute Gasteiger partial charge is 0.326 e. The van der Waals surface area contributed by atoms with E-state index in [1.165, 1.54) is 4.90 Å². The fourth-order valence-electron chi connectivity index (χ4n) is 3.40. The number of rotatable bonds is 3. The van der Waals surface area contributed by atoms with Gasteiger partial charge in [0.1, 0.15) is 6.04 Å². The minimum atomic E-state index is -0.891. The van der Waals surface area contributed by atoms with Crippen LogP contribution in [0.5, 0.6) is 0 Å². The molecule has 20 heavy (non-hydrogen) atoms. The molecule has 6 heteroatoms. The van der Waals surface area contributed by atoms with E-state index in [0.29, 0.717) is 19.0 Å². The average Bonchev–Trinajstić information content (AvgIpc) is 2.94. The topological polar surface area (TPSA) is 64.1 Å². The molecule has 0 bridgehead atoms. The molecule has 2 fully saturated rings. The third kappa shape index (κ3) is 3.06. The summed E-state index contributed by atoms with van der Waals surface area (Å²) in [4.78, 5) is 29.2. The number of hydrogen-bond donors (Lipinski definition) is 1. The molecule has 6 nitrogen and oxygen atoms in total. The van der Waals surface area contributed by atoms with E-state index < -0.39 is 12.0 Å². The Morgan fingerprint density at radius 3 is 2.55 bits per heavy atom. The second-order valence-electron chi connectivity index (χ2n) is 6.32. The van der Waals surface area contributed by atoms with Gasteiger partial charge in [0.25, 0.3) is 0 Å². The molecule has 0 saturated carbocycles. The summed E-state index contributed by atoms with van der Waals surface area (Å²) in [6.45, 7) is 5.24. The van der Waals surface area contributed by atoms with Crippen molar-refractivity contribution in [3.63, 3.8) is 0 Å². The lowest BCUT2D eigenvalue weighted by Gasteiger charge is -2.30. The first-order valence-electron chi connectivity index (χ1n) is 7.33. The van der Waals surface area contributed by atoms with Gasteiger partial charge in [0.05, 0.1) is 0 Å². The molecule has 0 aromatic rings. The van der Waals surface area contributed by atoms with Crippen molar-refractivity contribution in [2.24, 2.45) is 11.8 Å². The molecule has 0 aliphatic carbocycles. The molecule has 3 unspecified atom stereocenters. The maximum atomic E-state index is 12.4. The van der Waals surface area contributed by atoms with Crippen molar-refractivity contribution in [3.8, 4) is 0 Å². The Hall–Kier alpha value is -1.30. The van der Waals surface area contributed by atoms with Crippen molar-refractivity contribution in [2.45, 2.75) is 25.8 Å². The van der Waals surface area contributed by atoms with Crippen molar-refractivity contribution in [1.82, 2.24) is 14.7 Å². The molecule has 0 radical (unpaired) electrons. The molecule has 2 heterocycles. The number of carbonyl (C=O) groups excluding carboxylic acids is 1. The van der Waals surface area contributed by atoms with E-state index in [1.54, 1.807) is 11.9 Å². The third-order valence-corrected chi connectivity index (χ3v) is 4.55. The van der Waals surface area contributed by atoms with E-state index in [2.05, 4.69) is 11.9 Å². The zero-order chi connectivity index (χ0) is 14.9. The minimum absolute atomic E-state index is 0.0301. The van der Waals surface area contributed by atoms with Crippen LogP contribution in [-0.4, -0.2) is 78.1 Å². The van der Waals surface area contributed by atoms with Crippen LogP contribution in [0.25, 0.3) is 0 Å². The Balaban J connectivity index is 1.94. The highest BCUT2D eigenvalue weighted by Crippen LogP contribution is 2.25. The highest BCUT2D eigenvalue weighted by molar-refractivity contribution is 5.83. The molecule has 0 spiro atoms. The summed E-state index contributed by atoms with van der Waals surface area (Å²) < 4.78 is 0. The molecule has 2 saturated heterocycles. The van der Waals surface area contributed by atoms with Crippen LogP contribution in [0.15, 0.2) is 0 Å². The quantitative estimate of drug-likeness (QED) is 0.831. The van der Waals surface area contributed by atoms with Crippen LogP contribution in [0, 0.1) is 11.8 Å². The van der Waals surface area contributed by atoms with Crippen LogP contribution < -0.4 is 0 Å². The first-order valence-corrected chi connectivity index (χ1v) is 7.33. The van der Waals surface area contributed by atoms with Crippen LogP contribution in [0.2, 0.25) is 0 Å². The number of nitrogens with zero attached hydrogens (tertiary/aromatic N) is 3. The van der Waals surface area contributed by atoms with Gasteiger partial charge in [0.2, 0.25) is 0 Å². The first-order chi connectivity index (χ1) is 9.40. The fourth-order valence-corrected chi connectivity index (χ4v) is 3.40. The highest BCUT2D eigenvalue weighted by atomic mass is 16.4. The number of carbonyl (C=O) groups is 2. The third-order valence-electron chi connectivity index (χ3n) is 4.55. The molecular weight excluding hydrogens is 258 g/mol. The molecule has 2 rings (SSSR count).